The van der Waals surface area contributed by atoms with Crippen LogP contribution in [0.15, 0.2) is 24.3 Å². The van der Waals surface area contributed by atoms with Crippen molar-refractivity contribution in [2.45, 2.75) is 25.3 Å². The molecular formula is C14H15BrN2O. The fourth-order valence-corrected chi connectivity index (χ4v) is 2.99. The Morgan fingerprint density at radius 1 is 1.50 bits per heavy atom. The van der Waals surface area contributed by atoms with Gasteiger partial charge in [0.25, 0.3) is 5.91 Å². The number of carbonyl (C=O) groups excluding carboxylic acids is 1. The predicted molar refractivity (Wildman–Crippen MR) is 73.6 cm³/mol. The second kappa shape index (κ2) is 6.01. The van der Waals surface area contributed by atoms with Crippen LogP contribution in [-0.2, 0) is 0 Å². The molecule has 94 valence electrons. The first kappa shape index (κ1) is 13.1. The first-order valence-electron chi connectivity index (χ1n) is 6.13. The van der Waals surface area contributed by atoms with Crippen LogP contribution in [0, 0.1) is 11.3 Å². The van der Waals surface area contributed by atoms with Crippen molar-refractivity contribution < 1.29 is 4.79 Å². The molecule has 0 N–H and O–H groups in total. The molecule has 1 aliphatic rings. The molecule has 0 saturated carbocycles. The number of likely N-dealkylation sites (tertiary alicyclic amines) is 1. The normalized spacial score (nSPS) is 19.3. The lowest BCUT2D eigenvalue weighted by Crippen LogP contribution is -2.44. The summed E-state index contributed by atoms with van der Waals surface area (Å²) in [7, 11) is 0. The number of nitrogens with zero attached hydrogens (tertiary/aromatic N) is 2. The van der Waals surface area contributed by atoms with Crippen LogP contribution >= 0.6 is 15.9 Å². The van der Waals surface area contributed by atoms with E-state index in [0.717, 1.165) is 24.7 Å². The Bertz CT molecular complexity index is 481. The average Bonchev–Trinajstić information content (AvgIpc) is 2.46. The fraction of sp³-hybridized carbons (Fsp3) is 0.429. The number of hydrogen-bond donors (Lipinski definition) is 0. The molecule has 1 heterocycles. The van der Waals surface area contributed by atoms with Crippen molar-refractivity contribution in [1.82, 2.24) is 4.90 Å². The van der Waals surface area contributed by atoms with Gasteiger partial charge < -0.3 is 4.90 Å². The highest BCUT2D eigenvalue weighted by Crippen LogP contribution is 2.21. The van der Waals surface area contributed by atoms with Crippen molar-refractivity contribution in [2.75, 3.05) is 11.9 Å². The molecule has 0 spiro atoms. The Balaban J connectivity index is 2.21. The van der Waals surface area contributed by atoms with Crippen LogP contribution in [0.3, 0.4) is 0 Å². The van der Waals surface area contributed by atoms with E-state index < -0.39 is 0 Å². The molecule has 1 aromatic rings. The Morgan fingerprint density at radius 3 is 3.06 bits per heavy atom. The number of piperidine rings is 1. The van der Waals surface area contributed by atoms with E-state index in [0.29, 0.717) is 11.1 Å². The van der Waals surface area contributed by atoms with Crippen LogP contribution in [-0.4, -0.2) is 28.7 Å². The van der Waals surface area contributed by atoms with Crippen molar-refractivity contribution in [1.29, 1.82) is 5.26 Å². The van der Waals surface area contributed by atoms with Crippen LogP contribution < -0.4 is 0 Å². The number of hydrogen-bond acceptors (Lipinski definition) is 2. The summed E-state index contributed by atoms with van der Waals surface area (Å²) >= 11 is 3.47. The zero-order valence-corrected chi connectivity index (χ0v) is 11.7. The van der Waals surface area contributed by atoms with Gasteiger partial charge in [-0.1, -0.05) is 22.0 Å². The fourth-order valence-electron chi connectivity index (χ4n) is 2.32. The number of amides is 1. The van der Waals surface area contributed by atoms with E-state index in [9.17, 15) is 4.79 Å². The van der Waals surface area contributed by atoms with Crippen molar-refractivity contribution in [2.24, 2.45) is 0 Å². The minimum Gasteiger partial charge on any atom is -0.335 e. The number of carbonyl (C=O) groups is 1. The molecule has 1 aromatic carbocycles. The average molecular weight is 307 g/mol. The Morgan fingerprint density at radius 2 is 2.33 bits per heavy atom. The van der Waals surface area contributed by atoms with Gasteiger partial charge in [0.2, 0.25) is 0 Å². The van der Waals surface area contributed by atoms with Gasteiger partial charge in [-0.05, 0) is 37.5 Å². The summed E-state index contributed by atoms with van der Waals surface area (Å²) in [6.45, 7) is 0.811. The zero-order chi connectivity index (χ0) is 13.0. The van der Waals surface area contributed by atoms with Gasteiger partial charge in [0, 0.05) is 23.5 Å². The third-order valence-corrected chi connectivity index (χ3v) is 4.05. The highest BCUT2D eigenvalue weighted by molar-refractivity contribution is 9.09. The lowest BCUT2D eigenvalue weighted by Gasteiger charge is -2.34. The second-order valence-electron chi connectivity index (χ2n) is 4.50. The van der Waals surface area contributed by atoms with Crippen molar-refractivity contribution in [3.8, 4) is 6.07 Å². The first-order valence-corrected chi connectivity index (χ1v) is 7.25. The molecule has 4 heteroatoms. The number of halogens is 1. The molecule has 0 aromatic heterocycles. The van der Waals surface area contributed by atoms with Crippen molar-refractivity contribution >= 4 is 21.8 Å². The van der Waals surface area contributed by atoms with E-state index in [1.807, 2.05) is 4.90 Å². The lowest BCUT2D eigenvalue weighted by atomic mass is 10.0. The minimum atomic E-state index is 0.0382. The second-order valence-corrected chi connectivity index (χ2v) is 5.14. The highest BCUT2D eigenvalue weighted by Gasteiger charge is 2.26. The monoisotopic (exact) mass is 306 g/mol. The van der Waals surface area contributed by atoms with Crippen LogP contribution in [0.1, 0.15) is 35.2 Å². The Hall–Kier alpha value is -1.34. The van der Waals surface area contributed by atoms with Crippen LogP contribution in [0.4, 0.5) is 0 Å². The molecule has 1 unspecified atom stereocenters. The van der Waals surface area contributed by atoms with Gasteiger partial charge in [-0.2, -0.15) is 5.26 Å². The number of nitriles is 1. The molecule has 1 aliphatic heterocycles. The Labute approximate surface area is 116 Å². The van der Waals surface area contributed by atoms with Crippen LogP contribution in [0.25, 0.3) is 0 Å². The maximum Gasteiger partial charge on any atom is 0.254 e. The molecule has 0 aliphatic carbocycles. The topological polar surface area (TPSA) is 44.1 Å². The summed E-state index contributed by atoms with van der Waals surface area (Å²) in [6, 6.07) is 9.28. The summed E-state index contributed by atoms with van der Waals surface area (Å²) in [5.74, 6) is 0.0382. The standard InChI is InChI=1S/C14H15BrN2O/c15-9-13-6-1-2-7-17(13)14(18)12-5-3-4-11(8-12)10-16/h3-5,8,13H,1-2,6-7,9H2. The lowest BCUT2D eigenvalue weighted by molar-refractivity contribution is 0.0642. The number of rotatable bonds is 2. The third-order valence-electron chi connectivity index (χ3n) is 3.30. The Kier molecular flexibility index (Phi) is 4.38. The number of benzene rings is 1. The molecule has 1 amide bonds. The SMILES string of the molecule is N#Cc1cccc(C(=O)N2CCCCC2CBr)c1. The molecule has 1 atom stereocenters. The maximum absolute atomic E-state index is 12.4. The van der Waals surface area contributed by atoms with Gasteiger partial charge in [-0.15, -0.1) is 0 Å². The quantitative estimate of drug-likeness (QED) is 0.789. The molecule has 2 rings (SSSR count). The zero-order valence-electron chi connectivity index (χ0n) is 10.1. The van der Waals surface area contributed by atoms with E-state index in [1.165, 1.54) is 6.42 Å². The molecule has 0 bridgehead atoms. The van der Waals surface area contributed by atoms with Crippen LogP contribution in [0.2, 0.25) is 0 Å². The molecular weight excluding hydrogens is 292 g/mol. The van der Waals surface area contributed by atoms with Crippen LogP contribution in [0.5, 0.6) is 0 Å². The highest BCUT2D eigenvalue weighted by atomic mass is 79.9. The molecule has 1 fully saturated rings. The van der Waals surface area contributed by atoms with E-state index in [1.54, 1.807) is 24.3 Å². The summed E-state index contributed by atoms with van der Waals surface area (Å²) < 4.78 is 0. The van der Waals surface area contributed by atoms with Gasteiger partial charge in [-0.3, -0.25) is 4.79 Å². The summed E-state index contributed by atoms with van der Waals surface area (Å²) in [5.41, 5.74) is 1.15. The van der Waals surface area contributed by atoms with E-state index in [4.69, 9.17) is 5.26 Å². The summed E-state index contributed by atoms with van der Waals surface area (Å²) in [6.07, 6.45) is 3.29. The van der Waals surface area contributed by atoms with E-state index in [-0.39, 0.29) is 11.9 Å². The first-order chi connectivity index (χ1) is 8.76. The maximum atomic E-state index is 12.4. The largest absolute Gasteiger partial charge is 0.335 e. The van der Waals surface area contributed by atoms with Gasteiger partial charge >= 0.3 is 0 Å². The van der Waals surface area contributed by atoms with Gasteiger partial charge in [0.1, 0.15) is 0 Å². The van der Waals surface area contributed by atoms with Gasteiger partial charge in [0.15, 0.2) is 0 Å². The van der Waals surface area contributed by atoms with Gasteiger partial charge in [-0.25, -0.2) is 0 Å². The molecule has 3 nitrogen and oxygen atoms in total. The summed E-state index contributed by atoms with van der Waals surface area (Å²) in [5, 5.41) is 9.69. The van der Waals surface area contributed by atoms with E-state index >= 15 is 0 Å². The van der Waals surface area contributed by atoms with Gasteiger partial charge in [0.05, 0.1) is 11.6 Å². The van der Waals surface area contributed by atoms with E-state index in [2.05, 4.69) is 22.0 Å². The molecule has 18 heavy (non-hydrogen) atoms. The van der Waals surface area contributed by atoms with Crippen molar-refractivity contribution in [3.05, 3.63) is 35.4 Å². The molecule has 1 saturated heterocycles. The van der Waals surface area contributed by atoms with Crippen molar-refractivity contribution in [3.63, 3.8) is 0 Å². The summed E-state index contributed by atoms with van der Waals surface area (Å²) in [4.78, 5) is 14.4. The number of alkyl halides is 1. The molecule has 0 radical (unpaired) electrons. The third kappa shape index (κ3) is 2.73. The smallest absolute Gasteiger partial charge is 0.254 e. The predicted octanol–water partition coefficient (Wildman–Crippen LogP) is 2.95. The minimum absolute atomic E-state index is 0.0382.